The standard InChI is InChI=1S/C23H30N2O5S/c1-6-20(29-17-13-11-16(12-14-17)25(4)31(5,27)28)22(26)24-19-15-23(2,3)30-21-10-8-7-9-18(19)21/h7-14,19-20H,6,15H2,1-5H3,(H,24,26)/t19-,20+/m0/s1. The first-order chi connectivity index (χ1) is 14.5. The van der Waals surface area contributed by atoms with Gasteiger partial charge in [0, 0.05) is 19.0 Å². The summed E-state index contributed by atoms with van der Waals surface area (Å²) in [5.41, 5.74) is 1.09. The van der Waals surface area contributed by atoms with Gasteiger partial charge in [-0.3, -0.25) is 9.10 Å². The third-order valence-electron chi connectivity index (χ3n) is 5.33. The normalized spacial score (nSPS) is 18.3. The average molecular weight is 447 g/mol. The molecule has 0 bridgehead atoms. The van der Waals surface area contributed by atoms with E-state index in [1.807, 2.05) is 45.0 Å². The Hall–Kier alpha value is -2.74. The Morgan fingerprint density at radius 3 is 2.48 bits per heavy atom. The molecule has 1 N–H and O–H groups in total. The first-order valence-electron chi connectivity index (χ1n) is 10.3. The van der Waals surface area contributed by atoms with Crippen molar-refractivity contribution in [2.75, 3.05) is 17.6 Å². The number of fused-ring (bicyclic) bond motifs is 1. The van der Waals surface area contributed by atoms with Gasteiger partial charge in [-0.05, 0) is 50.6 Å². The summed E-state index contributed by atoms with van der Waals surface area (Å²) in [6.07, 6.45) is 1.62. The van der Waals surface area contributed by atoms with Crippen molar-refractivity contribution in [3.63, 3.8) is 0 Å². The molecule has 1 amide bonds. The number of sulfonamides is 1. The van der Waals surface area contributed by atoms with E-state index in [-0.39, 0.29) is 11.9 Å². The molecule has 0 saturated carbocycles. The summed E-state index contributed by atoms with van der Waals surface area (Å²) in [6.45, 7) is 5.90. The van der Waals surface area contributed by atoms with Gasteiger partial charge in [-0.2, -0.15) is 0 Å². The molecule has 31 heavy (non-hydrogen) atoms. The molecule has 168 valence electrons. The Morgan fingerprint density at radius 1 is 1.23 bits per heavy atom. The molecule has 0 fully saturated rings. The summed E-state index contributed by atoms with van der Waals surface area (Å²) < 4.78 is 36.5. The Kier molecular flexibility index (Phi) is 6.50. The lowest BCUT2D eigenvalue weighted by Crippen LogP contribution is -2.45. The molecule has 7 nitrogen and oxygen atoms in total. The third kappa shape index (κ3) is 5.50. The number of ether oxygens (including phenoxy) is 2. The molecule has 2 aromatic carbocycles. The van der Waals surface area contributed by atoms with E-state index in [2.05, 4.69) is 5.32 Å². The fourth-order valence-corrected chi connectivity index (χ4v) is 4.11. The van der Waals surface area contributed by atoms with E-state index < -0.39 is 21.7 Å². The van der Waals surface area contributed by atoms with Crippen LogP contribution >= 0.6 is 0 Å². The van der Waals surface area contributed by atoms with Gasteiger partial charge in [0.1, 0.15) is 17.1 Å². The van der Waals surface area contributed by atoms with Crippen LogP contribution in [0.5, 0.6) is 11.5 Å². The lowest BCUT2D eigenvalue weighted by atomic mass is 9.89. The van der Waals surface area contributed by atoms with Crippen LogP contribution in [0.1, 0.15) is 45.2 Å². The van der Waals surface area contributed by atoms with Crippen LogP contribution in [-0.2, 0) is 14.8 Å². The first-order valence-corrected chi connectivity index (χ1v) is 12.1. The molecule has 0 aromatic heterocycles. The van der Waals surface area contributed by atoms with E-state index in [1.165, 1.54) is 11.4 Å². The highest BCUT2D eigenvalue weighted by Crippen LogP contribution is 2.39. The SMILES string of the molecule is CC[C@@H](Oc1ccc(N(C)S(C)(=O)=O)cc1)C(=O)N[C@H]1CC(C)(C)Oc2ccccc21. The van der Waals surface area contributed by atoms with Crippen molar-refractivity contribution >= 4 is 21.6 Å². The van der Waals surface area contributed by atoms with Gasteiger partial charge in [-0.1, -0.05) is 25.1 Å². The number of hydrogen-bond acceptors (Lipinski definition) is 5. The number of nitrogens with zero attached hydrogens (tertiary/aromatic N) is 1. The minimum Gasteiger partial charge on any atom is -0.487 e. The van der Waals surface area contributed by atoms with E-state index in [1.54, 1.807) is 24.3 Å². The van der Waals surface area contributed by atoms with Crippen LogP contribution in [0.3, 0.4) is 0 Å². The Balaban J connectivity index is 1.71. The maximum Gasteiger partial charge on any atom is 0.261 e. The molecule has 1 aliphatic rings. The van der Waals surface area contributed by atoms with Crippen LogP contribution in [0.4, 0.5) is 5.69 Å². The minimum atomic E-state index is -3.34. The summed E-state index contributed by atoms with van der Waals surface area (Å²) in [4.78, 5) is 13.0. The number of carbonyl (C=O) groups excluding carboxylic acids is 1. The Morgan fingerprint density at radius 2 is 1.87 bits per heavy atom. The molecule has 2 aromatic rings. The van der Waals surface area contributed by atoms with Gasteiger partial charge < -0.3 is 14.8 Å². The van der Waals surface area contributed by atoms with Gasteiger partial charge in [0.25, 0.3) is 5.91 Å². The van der Waals surface area contributed by atoms with Crippen LogP contribution in [0.25, 0.3) is 0 Å². The van der Waals surface area contributed by atoms with Crippen LogP contribution in [0.15, 0.2) is 48.5 Å². The number of benzene rings is 2. The van der Waals surface area contributed by atoms with Gasteiger partial charge in [0.2, 0.25) is 10.0 Å². The highest BCUT2D eigenvalue weighted by molar-refractivity contribution is 7.92. The minimum absolute atomic E-state index is 0.170. The molecule has 1 heterocycles. The second kappa shape index (κ2) is 8.78. The molecule has 0 radical (unpaired) electrons. The van der Waals surface area contributed by atoms with Crippen LogP contribution < -0.4 is 19.1 Å². The van der Waals surface area contributed by atoms with Crippen LogP contribution in [0.2, 0.25) is 0 Å². The van der Waals surface area contributed by atoms with E-state index in [9.17, 15) is 13.2 Å². The van der Waals surface area contributed by atoms with E-state index in [0.29, 0.717) is 24.3 Å². The van der Waals surface area contributed by atoms with Gasteiger partial charge in [0.15, 0.2) is 6.10 Å². The maximum absolute atomic E-state index is 13.0. The highest BCUT2D eigenvalue weighted by Gasteiger charge is 2.35. The maximum atomic E-state index is 13.0. The zero-order valence-corrected chi connectivity index (χ0v) is 19.4. The summed E-state index contributed by atoms with van der Waals surface area (Å²) in [6, 6.07) is 14.2. The fourth-order valence-electron chi connectivity index (χ4n) is 3.61. The topological polar surface area (TPSA) is 84.9 Å². The average Bonchev–Trinajstić information content (AvgIpc) is 2.70. The van der Waals surface area contributed by atoms with Gasteiger partial charge in [-0.25, -0.2) is 8.42 Å². The molecular weight excluding hydrogens is 416 g/mol. The Bertz CT molecular complexity index is 1030. The zero-order valence-electron chi connectivity index (χ0n) is 18.6. The molecule has 0 aliphatic carbocycles. The third-order valence-corrected chi connectivity index (χ3v) is 6.54. The molecule has 0 spiro atoms. The molecule has 2 atom stereocenters. The first kappa shape index (κ1) is 22.9. The number of nitrogens with one attached hydrogen (secondary N) is 1. The predicted octanol–water partition coefficient (Wildman–Crippen LogP) is 3.66. The lowest BCUT2D eigenvalue weighted by Gasteiger charge is -2.38. The second-order valence-electron chi connectivity index (χ2n) is 8.40. The van der Waals surface area contributed by atoms with Gasteiger partial charge in [0.05, 0.1) is 18.0 Å². The van der Waals surface area contributed by atoms with Gasteiger partial charge >= 0.3 is 0 Å². The summed E-state index contributed by atoms with van der Waals surface area (Å²) in [5, 5.41) is 3.12. The molecule has 1 aliphatic heterocycles. The van der Waals surface area contributed by atoms with E-state index in [0.717, 1.165) is 17.6 Å². The monoisotopic (exact) mass is 446 g/mol. The number of carbonyl (C=O) groups is 1. The molecule has 0 saturated heterocycles. The van der Waals surface area contributed by atoms with Crippen molar-refractivity contribution in [3.05, 3.63) is 54.1 Å². The van der Waals surface area contributed by atoms with Crippen molar-refractivity contribution in [3.8, 4) is 11.5 Å². The molecular formula is C23H30N2O5S. The summed E-state index contributed by atoms with van der Waals surface area (Å²) >= 11 is 0. The summed E-state index contributed by atoms with van der Waals surface area (Å²) in [7, 11) is -1.86. The van der Waals surface area contributed by atoms with Crippen molar-refractivity contribution in [1.82, 2.24) is 5.32 Å². The smallest absolute Gasteiger partial charge is 0.261 e. The number of anilines is 1. The zero-order chi connectivity index (χ0) is 22.8. The predicted molar refractivity (Wildman–Crippen MR) is 121 cm³/mol. The van der Waals surface area contributed by atoms with Crippen molar-refractivity contribution in [2.24, 2.45) is 0 Å². The fraction of sp³-hybridized carbons (Fsp3) is 0.435. The molecule has 3 rings (SSSR count). The number of para-hydroxylation sites is 1. The molecule has 0 unspecified atom stereocenters. The van der Waals surface area contributed by atoms with E-state index in [4.69, 9.17) is 9.47 Å². The van der Waals surface area contributed by atoms with Crippen molar-refractivity contribution in [2.45, 2.75) is 51.4 Å². The van der Waals surface area contributed by atoms with Crippen LogP contribution in [-0.4, -0.2) is 39.3 Å². The quantitative estimate of drug-likeness (QED) is 0.702. The highest BCUT2D eigenvalue weighted by atomic mass is 32.2. The Labute approximate surface area is 184 Å². The van der Waals surface area contributed by atoms with E-state index >= 15 is 0 Å². The number of rotatable bonds is 7. The lowest BCUT2D eigenvalue weighted by molar-refractivity contribution is -0.129. The summed E-state index contributed by atoms with van der Waals surface area (Å²) in [5.74, 6) is 1.08. The molecule has 8 heteroatoms. The number of hydrogen-bond donors (Lipinski definition) is 1. The second-order valence-corrected chi connectivity index (χ2v) is 10.4. The van der Waals surface area contributed by atoms with Crippen LogP contribution in [0, 0.1) is 0 Å². The van der Waals surface area contributed by atoms with Crippen molar-refractivity contribution in [1.29, 1.82) is 0 Å². The van der Waals surface area contributed by atoms with Crippen molar-refractivity contribution < 1.29 is 22.7 Å². The number of amides is 1. The largest absolute Gasteiger partial charge is 0.487 e. The van der Waals surface area contributed by atoms with Gasteiger partial charge in [-0.15, -0.1) is 0 Å².